The molecule has 2 amide bonds. The Kier molecular flexibility index (Phi) is 4.33. The molecule has 0 bridgehead atoms. The Balaban J connectivity index is 1.45. The highest BCUT2D eigenvalue weighted by Crippen LogP contribution is 2.29. The Labute approximate surface area is 158 Å². The van der Waals surface area contributed by atoms with Crippen molar-refractivity contribution in [3.8, 4) is 0 Å². The molecule has 5 nitrogen and oxygen atoms in total. The SMILES string of the molecule is O=C1N[C@H](C(=O)NCc2ccc(C(F)(F)F)cc2)Cn2c1cc1ccccc12. The zero-order chi connectivity index (χ0) is 19.9. The zero-order valence-corrected chi connectivity index (χ0v) is 14.6. The summed E-state index contributed by atoms with van der Waals surface area (Å²) in [5.41, 5.74) is 1.16. The number of carbonyl (C=O) groups excluding carboxylic acids is 2. The van der Waals surface area contributed by atoms with E-state index < -0.39 is 23.7 Å². The van der Waals surface area contributed by atoms with Crippen LogP contribution in [-0.2, 0) is 24.1 Å². The van der Waals surface area contributed by atoms with Gasteiger partial charge in [0.2, 0.25) is 5.91 Å². The molecule has 0 fully saturated rings. The lowest BCUT2D eigenvalue weighted by Gasteiger charge is -2.25. The van der Waals surface area contributed by atoms with Gasteiger partial charge in [-0.25, -0.2) is 0 Å². The molecule has 0 unspecified atom stereocenters. The number of halogens is 3. The molecule has 28 heavy (non-hydrogen) atoms. The van der Waals surface area contributed by atoms with Crippen LogP contribution in [0.25, 0.3) is 10.9 Å². The number of hydrogen-bond donors (Lipinski definition) is 2. The van der Waals surface area contributed by atoms with E-state index in [2.05, 4.69) is 10.6 Å². The number of benzene rings is 2. The van der Waals surface area contributed by atoms with Gasteiger partial charge in [-0.3, -0.25) is 9.59 Å². The molecule has 8 heteroatoms. The normalized spacial score (nSPS) is 16.5. The maximum atomic E-state index is 12.6. The molecule has 1 atom stereocenters. The van der Waals surface area contributed by atoms with E-state index in [0.29, 0.717) is 11.3 Å². The van der Waals surface area contributed by atoms with Crippen LogP contribution in [0.1, 0.15) is 21.6 Å². The number of rotatable bonds is 3. The number of alkyl halides is 3. The molecular formula is C20H16F3N3O2. The summed E-state index contributed by atoms with van der Waals surface area (Å²) in [5, 5.41) is 6.26. The number of carbonyl (C=O) groups is 2. The molecule has 2 heterocycles. The summed E-state index contributed by atoms with van der Waals surface area (Å²) in [5.74, 6) is -0.728. The van der Waals surface area contributed by atoms with Crippen molar-refractivity contribution in [3.63, 3.8) is 0 Å². The van der Waals surface area contributed by atoms with Gasteiger partial charge in [0.15, 0.2) is 0 Å². The van der Waals surface area contributed by atoms with Crippen LogP contribution in [0.3, 0.4) is 0 Å². The van der Waals surface area contributed by atoms with Crippen molar-refractivity contribution in [2.45, 2.75) is 25.3 Å². The van der Waals surface area contributed by atoms with Crippen molar-refractivity contribution in [1.82, 2.24) is 15.2 Å². The average molecular weight is 387 g/mol. The molecule has 144 valence electrons. The van der Waals surface area contributed by atoms with Crippen molar-refractivity contribution in [3.05, 3.63) is 71.4 Å². The highest BCUT2D eigenvalue weighted by molar-refractivity contribution is 6.02. The largest absolute Gasteiger partial charge is 0.416 e. The molecule has 1 aliphatic heterocycles. The summed E-state index contributed by atoms with van der Waals surface area (Å²) < 4.78 is 39.6. The van der Waals surface area contributed by atoms with E-state index in [0.717, 1.165) is 23.0 Å². The Morgan fingerprint density at radius 1 is 1.14 bits per heavy atom. The highest BCUT2D eigenvalue weighted by Gasteiger charge is 2.31. The van der Waals surface area contributed by atoms with Crippen LogP contribution in [0.15, 0.2) is 54.6 Å². The van der Waals surface area contributed by atoms with E-state index in [9.17, 15) is 22.8 Å². The lowest BCUT2D eigenvalue weighted by atomic mass is 10.1. The summed E-state index contributed by atoms with van der Waals surface area (Å²) in [4.78, 5) is 24.8. The second-order valence-electron chi connectivity index (χ2n) is 6.64. The number of para-hydroxylation sites is 1. The molecule has 0 saturated carbocycles. The topological polar surface area (TPSA) is 63.1 Å². The summed E-state index contributed by atoms with van der Waals surface area (Å²) in [6.07, 6.45) is -4.40. The Morgan fingerprint density at radius 2 is 1.86 bits per heavy atom. The molecule has 1 aliphatic rings. The molecule has 0 spiro atoms. The van der Waals surface area contributed by atoms with Crippen LogP contribution in [0.4, 0.5) is 13.2 Å². The van der Waals surface area contributed by atoms with Gasteiger partial charge < -0.3 is 15.2 Å². The number of aromatic nitrogens is 1. The first-order valence-electron chi connectivity index (χ1n) is 8.66. The predicted molar refractivity (Wildman–Crippen MR) is 96.5 cm³/mol. The maximum absolute atomic E-state index is 12.6. The standard InChI is InChI=1S/C20H16F3N3O2/c21-20(22,23)14-7-5-12(6-8-14)10-24-18(27)15-11-26-16-4-2-1-3-13(16)9-17(26)19(28)25-15/h1-9,15H,10-11H2,(H,24,27)(H,25,28)/t15-/m0/s1. The molecule has 1 aromatic heterocycles. The van der Waals surface area contributed by atoms with Gasteiger partial charge in [-0.05, 0) is 29.8 Å². The molecular weight excluding hydrogens is 371 g/mol. The first-order valence-corrected chi connectivity index (χ1v) is 8.66. The quantitative estimate of drug-likeness (QED) is 0.726. The number of nitrogens with one attached hydrogen (secondary N) is 2. The van der Waals surface area contributed by atoms with E-state index in [-0.39, 0.29) is 19.0 Å². The minimum Gasteiger partial charge on any atom is -0.350 e. The second-order valence-corrected chi connectivity index (χ2v) is 6.64. The number of nitrogens with zero attached hydrogens (tertiary/aromatic N) is 1. The second kappa shape index (κ2) is 6.70. The molecule has 3 aromatic rings. The lowest BCUT2D eigenvalue weighted by molar-refractivity contribution is -0.137. The van der Waals surface area contributed by atoms with Crippen LogP contribution < -0.4 is 10.6 Å². The summed E-state index contributed by atoms with van der Waals surface area (Å²) in [6.45, 7) is 0.357. The smallest absolute Gasteiger partial charge is 0.350 e. The van der Waals surface area contributed by atoms with E-state index >= 15 is 0 Å². The minimum atomic E-state index is -4.40. The molecule has 0 aliphatic carbocycles. The van der Waals surface area contributed by atoms with Crippen molar-refractivity contribution in [2.24, 2.45) is 0 Å². The first-order chi connectivity index (χ1) is 13.3. The van der Waals surface area contributed by atoms with Crippen LogP contribution in [-0.4, -0.2) is 22.4 Å². The Bertz CT molecular complexity index is 1050. The van der Waals surface area contributed by atoms with Gasteiger partial charge in [0.1, 0.15) is 11.7 Å². The average Bonchev–Trinajstić information content (AvgIpc) is 3.05. The van der Waals surface area contributed by atoms with E-state index in [4.69, 9.17) is 0 Å². The highest BCUT2D eigenvalue weighted by atomic mass is 19.4. The fourth-order valence-corrected chi connectivity index (χ4v) is 3.33. The van der Waals surface area contributed by atoms with Gasteiger partial charge in [-0.2, -0.15) is 13.2 Å². The lowest BCUT2D eigenvalue weighted by Crippen LogP contribution is -2.52. The fourth-order valence-electron chi connectivity index (χ4n) is 3.33. The zero-order valence-electron chi connectivity index (χ0n) is 14.6. The first kappa shape index (κ1) is 18.1. The molecule has 2 aromatic carbocycles. The third-order valence-electron chi connectivity index (χ3n) is 4.78. The van der Waals surface area contributed by atoms with E-state index in [1.165, 1.54) is 12.1 Å². The van der Waals surface area contributed by atoms with Crippen LogP contribution in [0, 0.1) is 0 Å². The van der Waals surface area contributed by atoms with Crippen molar-refractivity contribution < 1.29 is 22.8 Å². The van der Waals surface area contributed by atoms with Crippen LogP contribution in [0.2, 0.25) is 0 Å². The Hall–Kier alpha value is -3.29. The molecule has 0 radical (unpaired) electrons. The van der Waals surface area contributed by atoms with Gasteiger partial charge in [0, 0.05) is 17.4 Å². The third-order valence-corrected chi connectivity index (χ3v) is 4.78. The maximum Gasteiger partial charge on any atom is 0.416 e. The van der Waals surface area contributed by atoms with Crippen molar-refractivity contribution in [1.29, 1.82) is 0 Å². The third kappa shape index (κ3) is 3.33. The van der Waals surface area contributed by atoms with Gasteiger partial charge in [0.05, 0.1) is 12.1 Å². The van der Waals surface area contributed by atoms with Gasteiger partial charge >= 0.3 is 6.18 Å². The van der Waals surface area contributed by atoms with Crippen LogP contribution >= 0.6 is 0 Å². The molecule has 2 N–H and O–H groups in total. The number of amides is 2. The summed E-state index contributed by atoms with van der Waals surface area (Å²) in [6, 6.07) is 13.1. The predicted octanol–water partition coefficient (Wildman–Crippen LogP) is 3.09. The van der Waals surface area contributed by atoms with Crippen molar-refractivity contribution >= 4 is 22.7 Å². The fraction of sp³-hybridized carbons (Fsp3) is 0.200. The van der Waals surface area contributed by atoms with E-state index in [1.807, 2.05) is 24.3 Å². The van der Waals surface area contributed by atoms with Gasteiger partial charge in [-0.15, -0.1) is 0 Å². The minimum absolute atomic E-state index is 0.0720. The molecule has 0 saturated heterocycles. The number of hydrogen-bond acceptors (Lipinski definition) is 2. The van der Waals surface area contributed by atoms with Gasteiger partial charge in [-0.1, -0.05) is 30.3 Å². The van der Waals surface area contributed by atoms with Crippen LogP contribution in [0.5, 0.6) is 0 Å². The Morgan fingerprint density at radius 3 is 2.57 bits per heavy atom. The summed E-state index contributed by atoms with van der Waals surface area (Å²) >= 11 is 0. The van der Waals surface area contributed by atoms with Crippen molar-refractivity contribution in [2.75, 3.05) is 0 Å². The summed E-state index contributed by atoms with van der Waals surface area (Å²) in [7, 11) is 0. The van der Waals surface area contributed by atoms with Gasteiger partial charge in [0.25, 0.3) is 5.91 Å². The van der Waals surface area contributed by atoms with E-state index in [1.54, 1.807) is 10.6 Å². The monoisotopic (exact) mass is 387 g/mol. The molecule has 4 rings (SSSR count). The number of fused-ring (bicyclic) bond motifs is 3.